The highest BCUT2D eigenvalue weighted by Gasteiger charge is 2.22. The summed E-state index contributed by atoms with van der Waals surface area (Å²) >= 11 is 5.78. The van der Waals surface area contributed by atoms with Crippen molar-refractivity contribution in [2.75, 3.05) is 10.0 Å². The molecule has 1 amide bonds. The number of amides is 1. The van der Waals surface area contributed by atoms with Crippen LogP contribution in [0.1, 0.15) is 21.5 Å². The van der Waals surface area contributed by atoms with Gasteiger partial charge in [0.2, 0.25) is 0 Å². The van der Waals surface area contributed by atoms with Crippen molar-refractivity contribution < 1.29 is 18.1 Å². The zero-order chi connectivity index (χ0) is 22.8. The van der Waals surface area contributed by atoms with Gasteiger partial charge >= 0.3 is 0 Å². The minimum absolute atomic E-state index is 0.0302. The fourth-order valence-corrected chi connectivity index (χ4v) is 4.42. The Bertz CT molecular complexity index is 1290. The van der Waals surface area contributed by atoms with Crippen LogP contribution in [0.5, 0.6) is 0 Å². The number of benzene rings is 3. The Kier molecular flexibility index (Phi) is 6.28. The summed E-state index contributed by atoms with van der Waals surface area (Å²) in [4.78, 5) is 23.1. The van der Waals surface area contributed by atoms with Crippen LogP contribution < -0.4 is 10.0 Å². The van der Waals surface area contributed by atoms with Crippen LogP contribution in [0.4, 0.5) is 17.1 Å². The average molecular weight is 460 g/mol. The molecule has 0 atom stereocenters. The summed E-state index contributed by atoms with van der Waals surface area (Å²) in [6.07, 6.45) is 0. The lowest BCUT2D eigenvalue weighted by Gasteiger charge is -2.13. The fourth-order valence-electron chi connectivity index (χ4n) is 2.93. The molecular weight excluding hydrogens is 442 g/mol. The first-order valence-electron chi connectivity index (χ1n) is 9.02. The van der Waals surface area contributed by atoms with E-state index in [9.17, 15) is 23.3 Å². The predicted octanol–water partition coefficient (Wildman–Crippen LogP) is 4.92. The molecule has 3 aromatic carbocycles. The van der Waals surface area contributed by atoms with Crippen molar-refractivity contribution in [1.82, 2.24) is 0 Å². The lowest BCUT2D eigenvalue weighted by molar-refractivity contribution is -0.385. The van der Waals surface area contributed by atoms with E-state index in [1.54, 1.807) is 25.1 Å². The molecule has 0 aliphatic rings. The van der Waals surface area contributed by atoms with E-state index in [1.165, 1.54) is 30.3 Å². The van der Waals surface area contributed by atoms with Crippen LogP contribution in [0.25, 0.3) is 0 Å². The molecule has 0 bridgehead atoms. The summed E-state index contributed by atoms with van der Waals surface area (Å²) in [5.74, 6) is -0.762. The van der Waals surface area contributed by atoms with Gasteiger partial charge in [-0.2, -0.15) is 0 Å². The third kappa shape index (κ3) is 5.19. The molecule has 0 spiro atoms. The first-order chi connectivity index (χ1) is 14.6. The smallest absolute Gasteiger partial charge is 0.283 e. The number of aryl methyl sites for hydroxylation is 2. The molecule has 2 N–H and O–H groups in total. The van der Waals surface area contributed by atoms with Crippen molar-refractivity contribution in [3.05, 3.63) is 92.5 Å². The van der Waals surface area contributed by atoms with Crippen molar-refractivity contribution in [1.29, 1.82) is 0 Å². The SMILES string of the molecule is Cc1cccc(NS(=O)(=O)c2cc(NC(=O)c3ccc(Cl)cc3[N+](=O)[O-])ccc2C)c1. The molecule has 0 saturated carbocycles. The Hall–Kier alpha value is -3.43. The number of nitro benzene ring substituents is 1. The molecule has 3 rings (SSSR count). The summed E-state index contributed by atoms with van der Waals surface area (Å²) in [5, 5.41) is 13.9. The number of carbonyl (C=O) groups excluding carboxylic acids is 1. The number of nitrogens with zero attached hydrogens (tertiary/aromatic N) is 1. The number of nitro groups is 1. The monoisotopic (exact) mass is 459 g/mol. The molecule has 3 aromatic rings. The van der Waals surface area contributed by atoms with E-state index in [0.29, 0.717) is 11.3 Å². The van der Waals surface area contributed by atoms with Gasteiger partial charge in [0.05, 0.1) is 9.82 Å². The molecular formula is C21H18ClN3O5S. The fraction of sp³-hybridized carbons (Fsp3) is 0.0952. The molecule has 0 heterocycles. The van der Waals surface area contributed by atoms with Crippen molar-refractivity contribution in [3.63, 3.8) is 0 Å². The third-order valence-electron chi connectivity index (χ3n) is 4.41. The summed E-state index contributed by atoms with van der Waals surface area (Å²) in [6.45, 7) is 3.47. The second-order valence-electron chi connectivity index (χ2n) is 6.83. The molecule has 31 heavy (non-hydrogen) atoms. The Morgan fingerprint density at radius 1 is 1.00 bits per heavy atom. The Morgan fingerprint density at radius 2 is 1.74 bits per heavy atom. The van der Waals surface area contributed by atoms with E-state index >= 15 is 0 Å². The highest BCUT2D eigenvalue weighted by atomic mass is 35.5. The van der Waals surface area contributed by atoms with Gasteiger partial charge in [-0.05, 0) is 61.4 Å². The van der Waals surface area contributed by atoms with E-state index in [1.807, 2.05) is 13.0 Å². The van der Waals surface area contributed by atoms with Crippen molar-refractivity contribution in [2.45, 2.75) is 18.7 Å². The quantitative estimate of drug-likeness (QED) is 0.400. The van der Waals surface area contributed by atoms with Gasteiger partial charge in [-0.3, -0.25) is 19.6 Å². The lowest BCUT2D eigenvalue weighted by atomic mass is 10.1. The second kappa shape index (κ2) is 8.75. The van der Waals surface area contributed by atoms with Crippen molar-refractivity contribution in [2.24, 2.45) is 0 Å². The van der Waals surface area contributed by atoms with Crippen LogP contribution in [-0.2, 0) is 10.0 Å². The number of carbonyl (C=O) groups is 1. The normalized spacial score (nSPS) is 11.1. The number of anilines is 2. The molecule has 0 unspecified atom stereocenters. The summed E-state index contributed by atoms with van der Waals surface area (Å²) in [6, 6.07) is 14.9. The number of rotatable bonds is 6. The topological polar surface area (TPSA) is 118 Å². The molecule has 0 saturated heterocycles. The molecule has 10 heteroatoms. The zero-order valence-electron chi connectivity index (χ0n) is 16.5. The molecule has 0 aromatic heterocycles. The van der Waals surface area contributed by atoms with Gasteiger partial charge in [-0.25, -0.2) is 8.42 Å². The minimum Gasteiger partial charge on any atom is -0.322 e. The van der Waals surface area contributed by atoms with Crippen molar-refractivity contribution in [3.8, 4) is 0 Å². The van der Waals surface area contributed by atoms with Gasteiger partial charge in [-0.15, -0.1) is 0 Å². The summed E-state index contributed by atoms with van der Waals surface area (Å²) in [5.41, 5.74) is 1.29. The van der Waals surface area contributed by atoms with Gasteiger partial charge in [-0.1, -0.05) is 29.8 Å². The molecule has 0 fully saturated rings. The first-order valence-corrected chi connectivity index (χ1v) is 10.9. The number of sulfonamides is 1. The first kappa shape index (κ1) is 22.3. The van der Waals surface area contributed by atoms with Crippen LogP contribution in [0.15, 0.2) is 65.6 Å². The number of hydrogen-bond donors (Lipinski definition) is 2. The van der Waals surface area contributed by atoms with E-state index in [2.05, 4.69) is 10.0 Å². The van der Waals surface area contributed by atoms with Crippen LogP contribution in [0.3, 0.4) is 0 Å². The van der Waals surface area contributed by atoms with Gasteiger partial charge in [0.15, 0.2) is 0 Å². The second-order valence-corrected chi connectivity index (χ2v) is 8.92. The highest BCUT2D eigenvalue weighted by Crippen LogP contribution is 2.26. The van der Waals surface area contributed by atoms with Crippen LogP contribution in [0, 0.1) is 24.0 Å². The van der Waals surface area contributed by atoms with Gasteiger partial charge in [0.1, 0.15) is 5.56 Å². The maximum Gasteiger partial charge on any atom is 0.283 e. The summed E-state index contributed by atoms with van der Waals surface area (Å²) in [7, 11) is -3.94. The van der Waals surface area contributed by atoms with E-state index < -0.39 is 26.5 Å². The average Bonchev–Trinajstić information content (AvgIpc) is 2.68. The summed E-state index contributed by atoms with van der Waals surface area (Å²) < 4.78 is 28.3. The van der Waals surface area contributed by atoms with Crippen LogP contribution >= 0.6 is 11.6 Å². The molecule has 8 nitrogen and oxygen atoms in total. The van der Waals surface area contributed by atoms with E-state index in [-0.39, 0.29) is 21.2 Å². The molecule has 0 aliphatic heterocycles. The number of nitrogens with one attached hydrogen (secondary N) is 2. The van der Waals surface area contributed by atoms with Gasteiger partial charge in [0.25, 0.3) is 21.6 Å². The Morgan fingerprint density at radius 3 is 2.42 bits per heavy atom. The Balaban J connectivity index is 1.91. The standard InChI is InChI=1S/C21H18ClN3O5S/c1-13-4-3-5-17(10-13)24-31(29,30)20-12-16(8-6-14(20)2)23-21(26)18-9-7-15(22)11-19(18)25(27)28/h3-12,24H,1-2H3,(H,23,26). The Labute approximate surface area is 184 Å². The molecule has 0 radical (unpaired) electrons. The van der Waals surface area contributed by atoms with Crippen LogP contribution in [-0.4, -0.2) is 19.2 Å². The van der Waals surface area contributed by atoms with E-state index in [0.717, 1.165) is 11.6 Å². The third-order valence-corrected chi connectivity index (χ3v) is 6.17. The molecule has 0 aliphatic carbocycles. The predicted molar refractivity (Wildman–Crippen MR) is 119 cm³/mol. The minimum atomic E-state index is -3.94. The number of halogens is 1. The highest BCUT2D eigenvalue weighted by molar-refractivity contribution is 7.92. The number of hydrogen-bond acceptors (Lipinski definition) is 5. The maximum absolute atomic E-state index is 12.9. The largest absolute Gasteiger partial charge is 0.322 e. The lowest BCUT2D eigenvalue weighted by Crippen LogP contribution is -2.17. The van der Waals surface area contributed by atoms with Gasteiger partial charge < -0.3 is 5.32 Å². The van der Waals surface area contributed by atoms with Crippen molar-refractivity contribution >= 4 is 44.6 Å². The van der Waals surface area contributed by atoms with Gasteiger partial charge in [0, 0.05) is 22.5 Å². The van der Waals surface area contributed by atoms with Crippen LogP contribution in [0.2, 0.25) is 5.02 Å². The molecule has 160 valence electrons. The maximum atomic E-state index is 12.9. The zero-order valence-corrected chi connectivity index (χ0v) is 18.1. The van der Waals surface area contributed by atoms with E-state index in [4.69, 9.17) is 11.6 Å².